The first-order valence-corrected chi connectivity index (χ1v) is 14.0. The molecule has 0 atom stereocenters. The number of allylic oxidation sites excluding steroid dienone is 1. The second-order valence-corrected chi connectivity index (χ2v) is 10.6. The van der Waals surface area contributed by atoms with Crippen molar-refractivity contribution in [1.29, 1.82) is 0 Å². The maximum atomic E-state index is 13.4. The van der Waals surface area contributed by atoms with E-state index in [1.165, 1.54) is 4.68 Å². The van der Waals surface area contributed by atoms with Gasteiger partial charge in [-0.25, -0.2) is 4.98 Å². The summed E-state index contributed by atoms with van der Waals surface area (Å²) in [6, 6.07) is 14.5. The molecule has 0 radical (unpaired) electrons. The van der Waals surface area contributed by atoms with Crippen molar-refractivity contribution in [2.45, 2.75) is 39.2 Å². The van der Waals surface area contributed by atoms with E-state index < -0.39 is 0 Å². The summed E-state index contributed by atoms with van der Waals surface area (Å²) in [5, 5.41) is 6.16. The summed E-state index contributed by atoms with van der Waals surface area (Å²) in [6.07, 6.45) is 6.47. The fourth-order valence-electron chi connectivity index (χ4n) is 4.10. The summed E-state index contributed by atoms with van der Waals surface area (Å²) >= 11 is 15.8. The van der Waals surface area contributed by atoms with Gasteiger partial charge in [0.1, 0.15) is 12.4 Å². The highest BCUT2D eigenvalue weighted by atomic mass is 79.9. The SMILES string of the molecule is C=CCc1cc(C=Nn2c(CCCC)nc3ccc(Br)cc3c2=O)cc(OC)c1OCc1ccc(Cl)cc1Cl. The van der Waals surface area contributed by atoms with E-state index in [0.717, 1.165) is 34.0 Å². The van der Waals surface area contributed by atoms with Gasteiger partial charge in [-0.15, -0.1) is 6.58 Å². The molecule has 4 rings (SSSR count). The summed E-state index contributed by atoms with van der Waals surface area (Å²) in [5.41, 5.74) is 2.82. The number of benzene rings is 3. The first-order chi connectivity index (χ1) is 18.8. The Kier molecular flexibility index (Phi) is 9.83. The van der Waals surface area contributed by atoms with E-state index in [4.69, 9.17) is 37.7 Å². The summed E-state index contributed by atoms with van der Waals surface area (Å²) in [5.74, 6) is 1.73. The lowest BCUT2D eigenvalue weighted by atomic mass is 10.1. The van der Waals surface area contributed by atoms with E-state index in [-0.39, 0.29) is 12.2 Å². The van der Waals surface area contributed by atoms with Gasteiger partial charge >= 0.3 is 0 Å². The maximum absolute atomic E-state index is 13.4. The van der Waals surface area contributed by atoms with Crippen LogP contribution >= 0.6 is 39.1 Å². The molecule has 0 spiro atoms. The number of methoxy groups -OCH3 is 1. The van der Waals surface area contributed by atoms with Gasteiger partial charge in [-0.1, -0.05) is 64.6 Å². The third kappa shape index (κ3) is 6.90. The van der Waals surface area contributed by atoms with Gasteiger partial charge in [0, 0.05) is 32.1 Å². The van der Waals surface area contributed by atoms with Gasteiger partial charge < -0.3 is 9.47 Å². The highest BCUT2D eigenvalue weighted by Gasteiger charge is 2.15. The van der Waals surface area contributed by atoms with Crippen molar-refractivity contribution in [2.75, 3.05) is 7.11 Å². The molecular weight excluding hydrogens is 601 g/mol. The van der Waals surface area contributed by atoms with Crippen LogP contribution in [0.2, 0.25) is 10.0 Å². The third-order valence-corrected chi connectivity index (χ3v) is 7.16. The summed E-state index contributed by atoms with van der Waals surface area (Å²) in [6.45, 7) is 6.22. The van der Waals surface area contributed by atoms with Crippen molar-refractivity contribution in [3.8, 4) is 11.5 Å². The molecule has 0 saturated carbocycles. The Labute approximate surface area is 246 Å². The highest BCUT2D eigenvalue weighted by Crippen LogP contribution is 2.34. The quantitative estimate of drug-likeness (QED) is 0.125. The average Bonchev–Trinajstić information content (AvgIpc) is 2.92. The Morgan fingerprint density at radius 3 is 2.67 bits per heavy atom. The minimum atomic E-state index is -0.221. The fourth-order valence-corrected chi connectivity index (χ4v) is 4.93. The van der Waals surface area contributed by atoms with Crippen LogP contribution in [-0.2, 0) is 19.4 Å². The molecule has 0 fully saturated rings. The Morgan fingerprint density at radius 2 is 1.95 bits per heavy atom. The van der Waals surface area contributed by atoms with E-state index in [1.807, 2.05) is 30.3 Å². The second kappa shape index (κ2) is 13.3. The van der Waals surface area contributed by atoms with Crippen molar-refractivity contribution in [1.82, 2.24) is 9.66 Å². The second-order valence-electron chi connectivity index (χ2n) is 8.88. The molecule has 1 heterocycles. The van der Waals surface area contributed by atoms with Crippen molar-refractivity contribution in [3.63, 3.8) is 0 Å². The topological polar surface area (TPSA) is 65.7 Å². The number of ether oxygens (including phenoxy) is 2. The number of halogens is 3. The zero-order valence-corrected chi connectivity index (χ0v) is 24.8. The predicted octanol–water partition coefficient (Wildman–Crippen LogP) is 8.01. The molecule has 0 unspecified atom stereocenters. The smallest absolute Gasteiger partial charge is 0.282 e. The minimum absolute atomic E-state index is 0.221. The average molecular weight is 629 g/mol. The van der Waals surface area contributed by atoms with Crippen molar-refractivity contribution >= 4 is 56.2 Å². The number of nitrogens with zero attached hydrogens (tertiary/aromatic N) is 3. The van der Waals surface area contributed by atoms with Crippen LogP contribution in [0.4, 0.5) is 0 Å². The third-order valence-electron chi connectivity index (χ3n) is 6.08. The zero-order chi connectivity index (χ0) is 27.9. The van der Waals surface area contributed by atoms with Crippen LogP contribution in [0.3, 0.4) is 0 Å². The van der Waals surface area contributed by atoms with E-state index in [0.29, 0.717) is 51.1 Å². The van der Waals surface area contributed by atoms with Crippen LogP contribution in [0.5, 0.6) is 11.5 Å². The summed E-state index contributed by atoms with van der Waals surface area (Å²) in [7, 11) is 1.58. The van der Waals surface area contributed by atoms with Crippen LogP contribution in [0, 0.1) is 0 Å². The van der Waals surface area contributed by atoms with E-state index >= 15 is 0 Å². The highest BCUT2D eigenvalue weighted by molar-refractivity contribution is 9.10. The Bertz CT molecular complexity index is 1600. The number of aryl methyl sites for hydroxylation is 1. The fraction of sp³-hybridized carbons (Fsp3) is 0.233. The predicted molar refractivity (Wildman–Crippen MR) is 163 cm³/mol. The molecule has 4 aromatic rings. The molecule has 0 aliphatic carbocycles. The molecule has 0 amide bonds. The lowest BCUT2D eigenvalue weighted by molar-refractivity contribution is 0.282. The number of rotatable bonds is 11. The Morgan fingerprint density at radius 1 is 1.13 bits per heavy atom. The summed E-state index contributed by atoms with van der Waals surface area (Å²) in [4.78, 5) is 18.2. The van der Waals surface area contributed by atoms with E-state index in [1.54, 1.807) is 37.6 Å². The van der Waals surface area contributed by atoms with Gasteiger partial charge in [-0.2, -0.15) is 9.78 Å². The Balaban J connectivity index is 1.72. The molecule has 0 N–H and O–H groups in total. The standard InChI is InChI=1S/C30H28BrCl2N3O3/c1-4-6-8-28-35-26-12-10-22(31)15-24(26)30(37)36(28)34-17-19-13-20(7-5-2)29(27(14-19)38-3)39-18-21-9-11-23(32)16-25(21)33/h5,9-17H,2,4,6-8,18H2,1,3H3. The minimum Gasteiger partial charge on any atom is -0.493 e. The van der Waals surface area contributed by atoms with Gasteiger partial charge in [0.05, 0.1) is 24.2 Å². The lowest BCUT2D eigenvalue weighted by Crippen LogP contribution is -2.22. The largest absolute Gasteiger partial charge is 0.493 e. The molecular formula is C30H28BrCl2N3O3. The number of aromatic nitrogens is 2. The maximum Gasteiger partial charge on any atom is 0.282 e. The van der Waals surface area contributed by atoms with Gasteiger partial charge in [0.25, 0.3) is 5.56 Å². The van der Waals surface area contributed by atoms with E-state index in [2.05, 4.69) is 34.5 Å². The van der Waals surface area contributed by atoms with Crippen LogP contribution in [-0.4, -0.2) is 23.0 Å². The molecule has 6 nitrogen and oxygen atoms in total. The first-order valence-electron chi connectivity index (χ1n) is 12.5. The number of hydrogen-bond donors (Lipinski definition) is 0. The van der Waals surface area contributed by atoms with Gasteiger partial charge in [-0.05, 0) is 60.9 Å². The van der Waals surface area contributed by atoms with Crippen LogP contribution < -0.4 is 15.0 Å². The Hall–Kier alpha value is -3.13. The zero-order valence-electron chi connectivity index (χ0n) is 21.7. The van der Waals surface area contributed by atoms with Crippen LogP contribution in [0.25, 0.3) is 10.9 Å². The molecule has 0 aliphatic rings. The summed E-state index contributed by atoms with van der Waals surface area (Å²) < 4.78 is 14.0. The van der Waals surface area contributed by atoms with Crippen LogP contribution in [0.15, 0.2) is 75.6 Å². The number of hydrogen-bond acceptors (Lipinski definition) is 5. The molecule has 3 aromatic carbocycles. The monoisotopic (exact) mass is 627 g/mol. The number of fused-ring (bicyclic) bond motifs is 1. The first kappa shape index (κ1) is 28.9. The van der Waals surface area contributed by atoms with E-state index in [9.17, 15) is 4.79 Å². The lowest BCUT2D eigenvalue weighted by Gasteiger charge is -2.16. The molecule has 9 heteroatoms. The number of unbranched alkanes of at least 4 members (excludes halogenated alkanes) is 1. The van der Waals surface area contributed by atoms with Crippen molar-refractivity contribution in [2.24, 2.45) is 5.10 Å². The van der Waals surface area contributed by atoms with Crippen LogP contribution in [0.1, 0.15) is 42.3 Å². The molecule has 0 aliphatic heterocycles. The van der Waals surface area contributed by atoms with Crippen molar-refractivity contribution < 1.29 is 9.47 Å². The van der Waals surface area contributed by atoms with Gasteiger partial charge in [-0.3, -0.25) is 4.79 Å². The van der Waals surface area contributed by atoms with Gasteiger partial charge in [0.15, 0.2) is 11.5 Å². The normalized spacial score (nSPS) is 11.3. The molecule has 202 valence electrons. The molecule has 0 bridgehead atoms. The molecule has 1 aromatic heterocycles. The molecule has 39 heavy (non-hydrogen) atoms. The van der Waals surface area contributed by atoms with Gasteiger partial charge in [0.2, 0.25) is 0 Å². The van der Waals surface area contributed by atoms with Crippen molar-refractivity contribution in [3.05, 3.63) is 109 Å². The molecule has 0 saturated heterocycles.